The molecule has 0 bridgehead atoms. The average molecular weight is 516 g/mol. The van der Waals surface area contributed by atoms with Crippen LogP contribution in [0.5, 0.6) is 0 Å². The molecule has 2 aromatic heterocycles. The van der Waals surface area contributed by atoms with E-state index in [9.17, 15) is 4.79 Å². The first-order valence-corrected chi connectivity index (χ1v) is 13.2. The van der Waals surface area contributed by atoms with Crippen molar-refractivity contribution in [1.82, 2.24) is 0 Å². The molecule has 7 rings (SSSR count). The molecule has 4 heteroatoms. The van der Waals surface area contributed by atoms with Crippen molar-refractivity contribution in [3.05, 3.63) is 125 Å². The van der Waals surface area contributed by atoms with Gasteiger partial charge in [-0.2, -0.15) is 0 Å². The third kappa shape index (κ3) is 3.30. The zero-order chi connectivity index (χ0) is 23.4. The van der Waals surface area contributed by atoms with Crippen LogP contribution in [0.3, 0.4) is 0 Å². The van der Waals surface area contributed by atoms with Crippen molar-refractivity contribution in [2.24, 2.45) is 0 Å². The number of para-hydroxylation sites is 3. The first-order valence-electron chi connectivity index (χ1n) is 11.5. The zero-order valence-electron chi connectivity index (χ0n) is 18.6. The van der Waals surface area contributed by atoms with Gasteiger partial charge in [0.25, 0.3) is 0 Å². The van der Waals surface area contributed by atoms with Crippen molar-refractivity contribution in [2.75, 3.05) is 4.90 Å². The SMILES string of the molecule is O=c1c2ccccc2oc2cc3[se]c4ccc(N(c5ccccc5)c5ccccc5)cc4c3cc12. The summed E-state index contributed by atoms with van der Waals surface area (Å²) in [5.41, 5.74) is 4.63. The van der Waals surface area contributed by atoms with E-state index in [4.69, 9.17) is 4.42 Å². The van der Waals surface area contributed by atoms with Gasteiger partial charge < -0.3 is 0 Å². The van der Waals surface area contributed by atoms with E-state index in [0.29, 0.717) is 21.9 Å². The van der Waals surface area contributed by atoms with E-state index in [0.717, 1.165) is 22.4 Å². The standard InChI is InChI=1S/C31H19NO2Se/c33-31-23-13-7-8-14-27(23)34-28-19-30-25(18-26(28)31)24-17-22(15-16-29(24)35-30)32(20-9-3-1-4-10-20)21-11-5-2-6-12-21/h1-19H. The maximum absolute atomic E-state index is 13.3. The summed E-state index contributed by atoms with van der Waals surface area (Å²) in [6, 6.07) is 39.1. The Hall–Kier alpha value is -4.11. The van der Waals surface area contributed by atoms with E-state index in [1.54, 1.807) is 0 Å². The predicted octanol–water partition coefficient (Wildman–Crippen LogP) is 7.78. The van der Waals surface area contributed by atoms with Gasteiger partial charge in [0, 0.05) is 0 Å². The quantitative estimate of drug-likeness (QED) is 0.178. The summed E-state index contributed by atoms with van der Waals surface area (Å²) in [6.07, 6.45) is 0. The molecule has 0 aliphatic rings. The summed E-state index contributed by atoms with van der Waals surface area (Å²) in [7, 11) is 0. The maximum atomic E-state index is 13.3. The van der Waals surface area contributed by atoms with Gasteiger partial charge >= 0.3 is 208 Å². The molecule has 35 heavy (non-hydrogen) atoms. The molecule has 2 heterocycles. The van der Waals surface area contributed by atoms with E-state index in [-0.39, 0.29) is 19.9 Å². The third-order valence-corrected chi connectivity index (χ3v) is 8.82. The second-order valence-electron chi connectivity index (χ2n) is 8.56. The molecule has 0 amide bonds. The van der Waals surface area contributed by atoms with Crippen LogP contribution in [0, 0.1) is 0 Å². The second kappa shape index (κ2) is 7.99. The number of rotatable bonds is 3. The zero-order valence-corrected chi connectivity index (χ0v) is 20.4. The molecule has 166 valence electrons. The van der Waals surface area contributed by atoms with Gasteiger partial charge in [-0.3, -0.25) is 0 Å². The van der Waals surface area contributed by atoms with Crippen LogP contribution in [0.1, 0.15) is 0 Å². The molecule has 0 unspecified atom stereocenters. The van der Waals surface area contributed by atoms with Crippen molar-refractivity contribution in [1.29, 1.82) is 0 Å². The van der Waals surface area contributed by atoms with Crippen LogP contribution in [0.15, 0.2) is 124 Å². The van der Waals surface area contributed by atoms with Gasteiger partial charge in [0.2, 0.25) is 0 Å². The normalized spacial score (nSPS) is 11.5. The van der Waals surface area contributed by atoms with Crippen LogP contribution in [0.2, 0.25) is 0 Å². The van der Waals surface area contributed by atoms with E-state index < -0.39 is 0 Å². The molecule has 0 saturated heterocycles. The summed E-state index contributed by atoms with van der Waals surface area (Å²) in [6.45, 7) is 0. The molecule has 3 nitrogen and oxygen atoms in total. The minimum atomic E-state index is 0.0250. The summed E-state index contributed by atoms with van der Waals surface area (Å²) in [4.78, 5) is 15.6. The van der Waals surface area contributed by atoms with Crippen molar-refractivity contribution >= 4 is 72.8 Å². The minimum absolute atomic E-state index is 0.0250. The van der Waals surface area contributed by atoms with Gasteiger partial charge in [-0.25, -0.2) is 0 Å². The Kier molecular flexibility index (Phi) is 4.63. The summed E-state index contributed by atoms with van der Waals surface area (Å²) < 4.78 is 8.71. The van der Waals surface area contributed by atoms with Crippen molar-refractivity contribution in [3.8, 4) is 0 Å². The Morgan fingerprint density at radius 1 is 0.514 bits per heavy atom. The molecule has 0 atom stereocenters. The fourth-order valence-electron chi connectivity index (χ4n) is 4.80. The number of benzene rings is 5. The molecular weight excluding hydrogens is 497 g/mol. The van der Waals surface area contributed by atoms with E-state index in [1.165, 1.54) is 13.9 Å². The fourth-order valence-corrected chi connectivity index (χ4v) is 7.10. The molecule has 0 aliphatic heterocycles. The monoisotopic (exact) mass is 517 g/mol. The average Bonchev–Trinajstić information content (AvgIpc) is 3.26. The first kappa shape index (κ1) is 20.3. The van der Waals surface area contributed by atoms with E-state index in [2.05, 4.69) is 77.7 Å². The Bertz CT molecular complexity index is 1880. The van der Waals surface area contributed by atoms with Crippen molar-refractivity contribution < 1.29 is 4.42 Å². The molecule has 0 aliphatic carbocycles. The van der Waals surface area contributed by atoms with Crippen molar-refractivity contribution in [3.63, 3.8) is 0 Å². The molecular formula is C31H19NO2Se. The first-order chi connectivity index (χ1) is 17.3. The van der Waals surface area contributed by atoms with E-state index in [1.807, 2.05) is 42.5 Å². The Morgan fingerprint density at radius 3 is 1.91 bits per heavy atom. The molecule has 0 N–H and O–H groups in total. The van der Waals surface area contributed by atoms with Crippen LogP contribution < -0.4 is 10.3 Å². The topological polar surface area (TPSA) is 33.5 Å². The van der Waals surface area contributed by atoms with Crippen molar-refractivity contribution in [2.45, 2.75) is 0 Å². The summed E-state index contributed by atoms with van der Waals surface area (Å²) >= 11 is 0.159. The van der Waals surface area contributed by atoms with Gasteiger partial charge in [-0.1, -0.05) is 0 Å². The number of fused-ring (bicyclic) bond motifs is 5. The Morgan fingerprint density at radius 2 is 1.17 bits per heavy atom. The second-order valence-corrected chi connectivity index (χ2v) is 10.8. The van der Waals surface area contributed by atoms with E-state index >= 15 is 0 Å². The fraction of sp³-hybridized carbons (Fsp3) is 0. The van der Waals surface area contributed by atoms with Crippen LogP contribution in [0.25, 0.3) is 41.2 Å². The predicted molar refractivity (Wildman–Crippen MR) is 147 cm³/mol. The number of nitrogens with zero attached hydrogens (tertiary/aromatic N) is 1. The number of hydrogen-bond acceptors (Lipinski definition) is 3. The van der Waals surface area contributed by atoms with Gasteiger partial charge in [0.05, 0.1) is 0 Å². The molecule has 5 aromatic carbocycles. The van der Waals surface area contributed by atoms with Crippen LogP contribution in [0.4, 0.5) is 17.1 Å². The Labute approximate surface area is 207 Å². The van der Waals surface area contributed by atoms with Crippen LogP contribution >= 0.6 is 0 Å². The molecule has 0 fully saturated rings. The van der Waals surface area contributed by atoms with Gasteiger partial charge in [-0.05, 0) is 0 Å². The molecule has 7 aromatic rings. The molecule has 0 radical (unpaired) electrons. The van der Waals surface area contributed by atoms with Crippen LogP contribution in [-0.2, 0) is 0 Å². The molecule has 0 saturated carbocycles. The van der Waals surface area contributed by atoms with Gasteiger partial charge in [-0.15, -0.1) is 0 Å². The Balaban J connectivity index is 1.49. The molecule has 0 spiro atoms. The third-order valence-electron chi connectivity index (χ3n) is 6.44. The summed E-state index contributed by atoms with van der Waals surface area (Å²) in [5, 5.41) is 3.60. The summed E-state index contributed by atoms with van der Waals surface area (Å²) in [5.74, 6) is 0. The van der Waals surface area contributed by atoms with Gasteiger partial charge in [0.15, 0.2) is 0 Å². The number of anilines is 3. The number of hydrogen-bond donors (Lipinski definition) is 0. The van der Waals surface area contributed by atoms with Gasteiger partial charge in [0.1, 0.15) is 0 Å². The van der Waals surface area contributed by atoms with Crippen LogP contribution in [-0.4, -0.2) is 14.5 Å².